The van der Waals surface area contributed by atoms with Gasteiger partial charge in [0.2, 0.25) is 5.91 Å². The van der Waals surface area contributed by atoms with Crippen LogP contribution in [0.25, 0.3) is 0 Å². The Morgan fingerprint density at radius 1 is 1.33 bits per heavy atom. The highest BCUT2D eigenvalue weighted by Crippen LogP contribution is 2.14. The van der Waals surface area contributed by atoms with Gasteiger partial charge in [-0.3, -0.25) is 4.79 Å². The second kappa shape index (κ2) is 5.59. The molecule has 0 spiro atoms. The Morgan fingerprint density at radius 2 is 1.94 bits per heavy atom. The number of amides is 2. The van der Waals surface area contributed by atoms with Gasteiger partial charge in [-0.25, -0.2) is 4.79 Å². The second-order valence-electron chi connectivity index (χ2n) is 6.07. The van der Waals surface area contributed by atoms with Crippen molar-refractivity contribution >= 4 is 12.0 Å². The van der Waals surface area contributed by atoms with E-state index < -0.39 is 11.7 Å². The van der Waals surface area contributed by atoms with Gasteiger partial charge >= 0.3 is 6.09 Å². The molecule has 18 heavy (non-hydrogen) atoms. The van der Waals surface area contributed by atoms with Gasteiger partial charge < -0.3 is 15.0 Å². The highest BCUT2D eigenvalue weighted by Gasteiger charge is 2.29. The fourth-order valence-electron chi connectivity index (χ4n) is 1.92. The van der Waals surface area contributed by atoms with E-state index in [1.165, 1.54) is 0 Å². The van der Waals surface area contributed by atoms with Gasteiger partial charge in [0, 0.05) is 19.0 Å². The first kappa shape index (κ1) is 14.8. The van der Waals surface area contributed by atoms with Gasteiger partial charge in [-0.05, 0) is 27.2 Å². The van der Waals surface area contributed by atoms with Crippen molar-refractivity contribution in [2.75, 3.05) is 13.1 Å². The van der Waals surface area contributed by atoms with Gasteiger partial charge in [-0.1, -0.05) is 13.8 Å². The molecule has 0 aromatic heterocycles. The Kier molecular flexibility index (Phi) is 4.59. The molecule has 0 aromatic carbocycles. The second-order valence-corrected chi connectivity index (χ2v) is 6.07. The summed E-state index contributed by atoms with van der Waals surface area (Å²) in [6.45, 7) is 10.5. The van der Waals surface area contributed by atoms with Crippen molar-refractivity contribution < 1.29 is 14.3 Å². The molecule has 1 saturated heterocycles. The van der Waals surface area contributed by atoms with Gasteiger partial charge in [-0.15, -0.1) is 0 Å². The van der Waals surface area contributed by atoms with Crippen molar-refractivity contribution in [1.82, 2.24) is 10.2 Å². The quantitative estimate of drug-likeness (QED) is 0.819. The summed E-state index contributed by atoms with van der Waals surface area (Å²) in [5, 5.41) is 2.80. The van der Waals surface area contributed by atoms with Crippen LogP contribution < -0.4 is 5.32 Å². The summed E-state index contributed by atoms with van der Waals surface area (Å²) >= 11 is 0. The molecule has 5 nitrogen and oxygen atoms in total. The third-order valence-corrected chi connectivity index (χ3v) is 2.71. The number of rotatable bonds is 2. The van der Waals surface area contributed by atoms with Gasteiger partial charge in [-0.2, -0.15) is 0 Å². The van der Waals surface area contributed by atoms with E-state index in [1.54, 1.807) is 4.90 Å². The molecule has 1 N–H and O–H groups in total. The molecule has 0 aromatic rings. The molecule has 2 amide bonds. The molecule has 1 rings (SSSR count). The number of alkyl carbamates (subject to hydrolysis) is 1. The number of nitrogens with one attached hydrogen (secondary N) is 1. The van der Waals surface area contributed by atoms with Gasteiger partial charge in [0.15, 0.2) is 0 Å². The summed E-state index contributed by atoms with van der Waals surface area (Å²) < 4.78 is 5.19. The van der Waals surface area contributed by atoms with E-state index in [-0.39, 0.29) is 17.9 Å². The predicted molar refractivity (Wildman–Crippen MR) is 69.2 cm³/mol. The summed E-state index contributed by atoms with van der Waals surface area (Å²) in [6, 6.07) is 0.00236. The van der Waals surface area contributed by atoms with Crippen LogP contribution in [0.15, 0.2) is 0 Å². The largest absolute Gasteiger partial charge is 0.444 e. The molecule has 0 saturated carbocycles. The molecule has 104 valence electrons. The van der Waals surface area contributed by atoms with Crippen molar-refractivity contribution in [3.8, 4) is 0 Å². The number of hydrogen-bond donors (Lipinski definition) is 1. The minimum absolute atomic E-state index is 0.00236. The van der Waals surface area contributed by atoms with Crippen molar-refractivity contribution in [2.24, 2.45) is 5.92 Å². The average molecular weight is 256 g/mol. The number of ether oxygens (including phenoxy) is 1. The smallest absolute Gasteiger partial charge is 0.407 e. The Hall–Kier alpha value is -1.26. The highest BCUT2D eigenvalue weighted by atomic mass is 16.6. The molecule has 1 atom stereocenters. The standard InChI is InChI=1S/C13H24N2O3/c1-9(2)11(16)15-7-6-10(8-15)14-12(17)18-13(3,4)5/h9-10H,6-8H2,1-5H3,(H,14,17)/t10-/m0/s1. The molecule has 1 aliphatic heterocycles. The number of nitrogens with zero attached hydrogens (tertiary/aromatic N) is 1. The number of likely N-dealkylation sites (tertiary alicyclic amines) is 1. The fourth-order valence-corrected chi connectivity index (χ4v) is 1.92. The van der Waals surface area contributed by atoms with Crippen LogP contribution in [-0.4, -0.2) is 41.6 Å². The topological polar surface area (TPSA) is 58.6 Å². The predicted octanol–water partition coefficient (Wildman–Crippen LogP) is 1.77. The van der Waals surface area contributed by atoms with Crippen molar-refractivity contribution in [2.45, 2.75) is 52.7 Å². The third-order valence-electron chi connectivity index (χ3n) is 2.71. The van der Waals surface area contributed by atoms with Crippen LogP contribution in [0.2, 0.25) is 0 Å². The molecular weight excluding hydrogens is 232 g/mol. The van der Waals surface area contributed by atoms with Crippen LogP contribution in [0.3, 0.4) is 0 Å². The molecule has 0 aliphatic carbocycles. The van der Waals surface area contributed by atoms with E-state index in [0.29, 0.717) is 13.1 Å². The molecule has 5 heteroatoms. The monoisotopic (exact) mass is 256 g/mol. The first-order chi connectivity index (χ1) is 8.19. The molecular formula is C13H24N2O3. The lowest BCUT2D eigenvalue weighted by Crippen LogP contribution is -2.41. The number of hydrogen-bond acceptors (Lipinski definition) is 3. The zero-order valence-electron chi connectivity index (χ0n) is 11.9. The van der Waals surface area contributed by atoms with Gasteiger partial charge in [0.05, 0.1) is 6.04 Å². The van der Waals surface area contributed by atoms with Gasteiger partial charge in [0.25, 0.3) is 0 Å². The van der Waals surface area contributed by atoms with Crippen LogP contribution in [-0.2, 0) is 9.53 Å². The summed E-state index contributed by atoms with van der Waals surface area (Å²) in [6.07, 6.45) is 0.379. The molecule has 1 heterocycles. The van der Waals surface area contributed by atoms with E-state index in [9.17, 15) is 9.59 Å². The Balaban J connectivity index is 2.39. The summed E-state index contributed by atoms with van der Waals surface area (Å²) in [7, 11) is 0. The summed E-state index contributed by atoms with van der Waals surface area (Å²) in [5.41, 5.74) is -0.490. The summed E-state index contributed by atoms with van der Waals surface area (Å²) in [4.78, 5) is 25.2. The number of carbonyl (C=O) groups excluding carboxylic acids is 2. The lowest BCUT2D eigenvalue weighted by Gasteiger charge is -2.22. The Morgan fingerprint density at radius 3 is 2.44 bits per heavy atom. The lowest BCUT2D eigenvalue weighted by molar-refractivity contribution is -0.133. The highest BCUT2D eigenvalue weighted by molar-refractivity contribution is 5.78. The van der Waals surface area contributed by atoms with Gasteiger partial charge in [0.1, 0.15) is 5.60 Å². The minimum Gasteiger partial charge on any atom is -0.444 e. The number of carbonyl (C=O) groups is 2. The minimum atomic E-state index is -0.490. The molecule has 0 unspecified atom stereocenters. The van der Waals surface area contributed by atoms with Crippen LogP contribution in [0, 0.1) is 5.92 Å². The molecule has 0 radical (unpaired) electrons. The van der Waals surface area contributed by atoms with Crippen LogP contribution >= 0.6 is 0 Å². The van der Waals surface area contributed by atoms with Crippen LogP contribution in [0.5, 0.6) is 0 Å². The van der Waals surface area contributed by atoms with Crippen molar-refractivity contribution in [3.63, 3.8) is 0 Å². The molecule has 0 bridgehead atoms. The SMILES string of the molecule is CC(C)C(=O)N1CC[C@H](NC(=O)OC(C)(C)C)C1. The molecule has 1 fully saturated rings. The van der Waals surface area contributed by atoms with E-state index in [2.05, 4.69) is 5.32 Å². The Labute approximate surface area is 109 Å². The van der Waals surface area contributed by atoms with Crippen molar-refractivity contribution in [3.05, 3.63) is 0 Å². The van der Waals surface area contributed by atoms with E-state index >= 15 is 0 Å². The average Bonchev–Trinajstić information content (AvgIpc) is 2.61. The lowest BCUT2D eigenvalue weighted by atomic mass is 10.2. The molecule has 1 aliphatic rings. The Bertz CT molecular complexity index is 321. The third kappa shape index (κ3) is 4.55. The first-order valence-corrected chi connectivity index (χ1v) is 6.47. The van der Waals surface area contributed by atoms with E-state index in [1.807, 2.05) is 34.6 Å². The maximum absolute atomic E-state index is 11.8. The zero-order chi connectivity index (χ0) is 13.9. The maximum atomic E-state index is 11.8. The maximum Gasteiger partial charge on any atom is 0.407 e. The fraction of sp³-hybridized carbons (Fsp3) is 0.846. The van der Waals surface area contributed by atoms with Crippen LogP contribution in [0.1, 0.15) is 41.0 Å². The van der Waals surface area contributed by atoms with E-state index in [0.717, 1.165) is 6.42 Å². The van der Waals surface area contributed by atoms with Crippen molar-refractivity contribution in [1.29, 1.82) is 0 Å². The van der Waals surface area contributed by atoms with Crippen LogP contribution in [0.4, 0.5) is 4.79 Å². The normalized spacial score (nSPS) is 20.1. The summed E-state index contributed by atoms with van der Waals surface area (Å²) in [5.74, 6) is 0.147. The van der Waals surface area contributed by atoms with E-state index in [4.69, 9.17) is 4.74 Å². The first-order valence-electron chi connectivity index (χ1n) is 6.47. The zero-order valence-corrected chi connectivity index (χ0v) is 11.9.